The van der Waals surface area contributed by atoms with Gasteiger partial charge in [0.2, 0.25) is 0 Å². The van der Waals surface area contributed by atoms with Crippen molar-refractivity contribution in [1.82, 2.24) is 20.5 Å². The second-order valence-electron chi connectivity index (χ2n) is 4.51. The van der Waals surface area contributed by atoms with E-state index in [9.17, 15) is 0 Å². The summed E-state index contributed by atoms with van der Waals surface area (Å²) in [6, 6.07) is 0.323. The van der Waals surface area contributed by atoms with Crippen LogP contribution in [0.4, 0.5) is 0 Å². The molecule has 1 aromatic heterocycles. The van der Waals surface area contributed by atoms with E-state index in [0.717, 1.165) is 31.1 Å². The molecular weight excluding hydrogens is 200 g/mol. The van der Waals surface area contributed by atoms with Crippen LogP contribution < -0.4 is 5.32 Å². The molecule has 0 radical (unpaired) electrons. The summed E-state index contributed by atoms with van der Waals surface area (Å²) in [7, 11) is 0. The summed E-state index contributed by atoms with van der Waals surface area (Å²) in [5.41, 5.74) is 0. The Morgan fingerprint density at radius 2 is 2.19 bits per heavy atom. The number of aromatic nitrogens is 3. The molecule has 2 atom stereocenters. The standard InChI is InChI=1S/C12H24N4/c1-4-6-10(3)8-11(13-7-5-2)12-14-9-15-16-12/h9-11,13H,4-8H2,1-3H3,(H,14,15,16). The predicted octanol–water partition coefficient (Wildman–Crippen LogP) is 2.67. The lowest BCUT2D eigenvalue weighted by molar-refractivity contribution is 0.379. The molecule has 1 aromatic rings. The maximum absolute atomic E-state index is 4.25. The molecule has 0 bridgehead atoms. The average molecular weight is 224 g/mol. The van der Waals surface area contributed by atoms with Crippen molar-refractivity contribution in [3.63, 3.8) is 0 Å². The van der Waals surface area contributed by atoms with E-state index < -0.39 is 0 Å². The van der Waals surface area contributed by atoms with Gasteiger partial charge in [0.05, 0.1) is 6.04 Å². The summed E-state index contributed by atoms with van der Waals surface area (Å²) >= 11 is 0. The highest BCUT2D eigenvalue weighted by atomic mass is 15.2. The van der Waals surface area contributed by atoms with Gasteiger partial charge in [0.1, 0.15) is 12.2 Å². The van der Waals surface area contributed by atoms with Crippen LogP contribution in [0.3, 0.4) is 0 Å². The molecule has 0 amide bonds. The summed E-state index contributed by atoms with van der Waals surface area (Å²) in [5, 5.41) is 10.4. The zero-order chi connectivity index (χ0) is 11.8. The van der Waals surface area contributed by atoms with Crippen molar-refractivity contribution in [3.05, 3.63) is 12.2 Å². The Labute approximate surface area is 98.2 Å². The van der Waals surface area contributed by atoms with Gasteiger partial charge in [0.15, 0.2) is 0 Å². The van der Waals surface area contributed by atoms with Gasteiger partial charge in [-0.05, 0) is 25.3 Å². The van der Waals surface area contributed by atoms with E-state index in [2.05, 4.69) is 41.3 Å². The molecule has 0 aliphatic heterocycles. The fraction of sp³-hybridized carbons (Fsp3) is 0.833. The second-order valence-corrected chi connectivity index (χ2v) is 4.51. The smallest absolute Gasteiger partial charge is 0.141 e. The lowest BCUT2D eigenvalue weighted by Crippen LogP contribution is -2.25. The Kier molecular flexibility index (Phi) is 6.08. The summed E-state index contributed by atoms with van der Waals surface area (Å²) in [6.07, 6.45) is 6.38. The van der Waals surface area contributed by atoms with Crippen molar-refractivity contribution in [2.24, 2.45) is 5.92 Å². The molecule has 0 aliphatic rings. The number of hydrogen-bond donors (Lipinski definition) is 2. The number of H-pyrrole nitrogens is 1. The van der Waals surface area contributed by atoms with Crippen LogP contribution in [0.5, 0.6) is 0 Å². The minimum atomic E-state index is 0.323. The van der Waals surface area contributed by atoms with E-state index >= 15 is 0 Å². The molecule has 0 spiro atoms. The molecule has 1 rings (SSSR count). The van der Waals surface area contributed by atoms with Crippen molar-refractivity contribution >= 4 is 0 Å². The largest absolute Gasteiger partial charge is 0.307 e. The van der Waals surface area contributed by atoms with Gasteiger partial charge in [-0.2, -0.15) is 5.10 Å². The first-order chi connectivity index (χ1) is 7.77. The molecule has 0 fully saturated rings. The topological polar surface area (TPSA) is 53.6 Å². The van der Waals surface area contributed by atoms with Crippen LogP contribution in [0.2, 0.25) is 0 Å². The van der Waals surface area contributed by atoms with Crippen LogP contribution in [-0.4, -0.2) is 21.7 Å². The van der Waals surface area contributed by atoms with Gasteiger partial charge in [-0.15, -0.1) is 0 Å². The first kappa shape index (κ1) is 13.2. The Bertz CT molecular complexity index is 258. The summed E-state index contributed by atoms with van der Waals surface area (Å²) in [6.45, 7) is 7.75. The average Bonchev–Trinajstić information content (AvgIpc) is 2.77. The normalized spacial score (nSPS) is 14.9. The van der Waals surface area contributed by atoms with E-state index in [-0.39, 0.29) is 0 Å². The van der Waals surface area contributed by atoms with Gasteiger partial charge in [0, 0.05) is 0 Å². The minimum Gasteiger partial charge on any atom is -0.307 e. The maximum atomic E-state index is 4.25. The highest BCUT2D eigenvalue weighted by Crippen LogP contribution is 2.21. The number of nitrogens with zero attached hydrogens (tertiary/aromatic N) is 2. The van der Waals surface area contributed by atoms with Crippen molar-refractivity contribution in [2.45, 2.75) is 52.5 Å². The van der Waals surface area contributed by atoms with E-state index in [1.165, 1.54) is 12.8 Å². The molecule has 2 unspecified atom stereocenters. The lowest BCUT2D eigenvalue weighted by atomic mass is 9.97. The molecule has 1 heterocycles. The fourth-order valence-corrected chi connectivity index (χ4v) is 2.01. The van der Waals surface area contributed by atoms with Crippen LogP contribution in [-0.2, 0) is 0 Å². The zero-order valence-electron chi connectivity index (χ0n) is 10.7. The number of aromatic amines is 1. The second kappa shape index (κ2) is 7.39. The molecule has 0 saturated carbocycles. The quantitative estimate of drug-likeness (QED) is 0.714. The van der Waals surface area contributed by atoms with Gasteiger partial charge in [-0.3, -0.25) is 5.10 Å². The number of hydrogen-bond acceptors (Lipinski definition) is 3. The van der Waals surface area contributed by atoms with Crippen LogP contribution in [0.1, 0.15) is 58.3 Å². The molecule has 0 aromatic carbocycles. The highest BCUT2D eigenvalue weighted by Gasteiger charge is 2.16. The van der Waals surface area contributed by atoms with Gasteiger partial charge in [-0.25, -0.2) is 4.98 Å². The molecule has 92 valence electrons. The van der Waals surface area contributed by atoms with Crippen molar-refractivity contribution < 1.29 is 0 Å². The highest BCUT2D eigenvalue weighted by molar-refractivity contribution is 4.91. The first-order valence-corrected chi connectivity index (χ1v) is 6.36. The molecular formula is C12H24N4. The summed E-state index contributed by atoms with van der Waals surface area (Å²) in [4.78, 5) is 4.25. The van der Waals surface area contributed by atoms with Gasteiger partial charge < -0.3 is 5.32 Å². The van der Waals surface area contributed by atoms with E-state index in [0.29, 0.717) is 6.04 Å². The molecule has 16 heavy (non-hydrogen) atoms. The van der Waals surface area contributed by atoms with E-state index in [4.69, 9.17) is 0 Å². The van der Waals surface area contributed by atoms with Gasteiger partial charge in [-0.1, -0.05) is 33.6 Å². The zero-order valence-corrected chi connectivity index (χ0v) is 10.7. The summed E-state index contributed by atoms with van der Waals surface area (Å²) in [5.74, 6) is 1.70. The Morgan fingerprint density at radius 3 is 2.75 bits per heavy atom. The first-order valence-electron chi connectivity index (χ1n) is 6.36. The number of rotatable bonds is 8. The summed E-state index contributed by atoms with van der Waals surface area (Å²) < 4.78 is 0. The van der Waals surface area contributed by atoms with Gasteiger partial charge >= 0.3 is 0 Å². The predicted molar refractivity (Wildman–Crippen MR) is 66.1 cm³/mol. The Morgan fingerprint density at radius 1 is 1.38 bits per heavy atom. The van der Waals surface area contributed by atoms with Crippen molar-refractivity contribution in [3.8, 4) is 0 Å². The van der Waals surface area contributed by atoms with E-state index in [1.807, 2.05) is 0 Å². The molecule has 2 N–H and O–H groups in total. The number of nitrogens with one attached hydrogen (secondary N) is 2. The van der Waals surface area contributed by atoms with Crippen LogP contribution >= 0.6 is 0 Å². The third-order valence-electron chi connectivity index (χ3n) is 2.82. The fourth-order valence-electron chi connectivity index (χ4n) is 2.01. The monoisotopic (exact) mass is 224 g/mol. The Balaban J connectivity index is 2.50. The Hall–Kier alpha value is -0.900. The lowest BCUT2D eigenvalue weighted by Gasteiger charge is -2.19. The van der Waals surface area contributed by atoms with Gasteiger partial charge in [0.25, 0.3) is 0 Å². The third kappa shape index (κ3) is 4.31. The van der Waals surface area contributed by atoms with Crippen LogP contribution in [0.25, 0.3) is 0 Å². The molecule has 4 heteroatoms. The molecule has 0 saturated heterocycles. The van der Waals surface area contributed by atoms with Crippen molar-refractivity contribution in [2.75, 3.05) is 6.54 Å². The molecule has 0 aliphatic carbocycles. The van der Waals surface area contributed by atoms with Crippen molar-refractivity contribution in [1.29, 1.82) is 0 Å². The SMILES string of the molecule is CCCNC(CC(C)CCC)c1ncn[nH]1. The van der Waals surface area contributed by atoms with Crippen LogP contribution in [0, 0.1) is 5.92 Å². The molecule has 4 nitrogen and oxygen atoms in total. The minimum absolute atomic E-state index is 0.323. The van der Waals surface area contributed by atoms with E-state index in [1.54, 1.807) is 6.33 Å². The maximum Gasteiger partial charge on any atom is 0.141 e. The van der Waals surface area contributed by atoms with Crippen LogP contribution in [0.15, 0.2) is 6.33 Å². The third-order valence-corrected chi connectivity index (χ3v) is 2.82.